The van der Waals surface area contributed by atoms with Gasteiger partial charge < -0.3 is 5.11 Å². The highest BCUT2D eigenvalue weighted by molar-refractivity contribution is 6.01. The Hall–Kier alpha value is -3.00. The molecule has 1 saturated carbocycles. The van der Waals surface area contributed by atoms with Crippen molar-refractivity contribution in [3.63, 3.8) is 0 Å². The first-order chi connectivity index (χ1) is 19.1. The molecule has 1 fully saturated rings. The Morgan fingerprint density at radius 1 is 1.07 bits per heavy atom. The summed E-state index contributed by atoms with van der Waals surface area (Å²) in [6.45, 7) is 8.92. The van der Waals surface area contributed by atoms with Crippen molar-refractivity contribution < 1.29 is 25.2 Å². The molecule has 7 heteroatoms. The van der Waals surface area contributed by atoms with Crippen LogP contribution in [0, 0.1) is 12.8 Å². The predicted octanol–water partition coefficient (Wildman–Crippen LogP) is 9.01. The van der Waals surface area contributed by atoms with Gasteiger partial charge in [-0.05, 0) is 73.8 Å². The zero-order chi connectivity index (χ0) is 29.1. The lowest BCUT2D eigenvalue weighted by Gasteiger charge is -2.30. The molecule has 0 saturated heterocycles. The molecule has 218 valence electrons. The van der Waals surface area contributed by atoms with Gasteiger partial charge in [0.25, 0.3) is 0 Å². The normalized spacial score (nSPS) is 16.1. The Bertz CT molecular complexity index is 1170. The van der Waals surface area contributed by atoms with Gasteiger partial charge in [-0.3, -0.25) is 0 Å². The lowest BCUT2D eigenvalue weighted by Crippen LogP contribution is -2.46. The van der Waals surface area contributed by atoms with Crippen LogP contribution in [0.15, 0.2) is 59.4 Å². The molecule has 1 unspecified atom stereocenters. The highest BCUT2D eigenvalue weighted by atomic mass is 16.9. The molecule has 2 aromatic carbocycles. The molecule has 1 atom stereocenters. The number of anilines is 1. The van der Waals surface area contributed by atoms with E-state index in [1.807, 2.05) is 31.2 Å². The topological polar surface area (TPSA) is 102 Å². The van der Waals surface area contributed by atoms with Crippen LogP contribution in [-0.4, -0.2) is 32.1 Å². The number of hydroxylamine groups is 2. The molecule has 7 nitrogen and oxygen atoms in total. The van der Waals surface area contributed by atoms with Gasteiger partial charge in [-0.15, -0.1) is 10.4 Å². The summed E-state index contributed by atoms with van der Waals surface area (Å²) in [6, 6.07) is 12.6. The average Bonchev–Trinajstić information content (AvgIpc) is 2.91. The molecule has 40 heavy (non-hydrogen) atoms. The van der Waals surface area contributed by atoms with E-state index in [1.165, 1.54) is 44.6 Å². The smallest absolute Gasteiger partial charge is 0.335 e. The van der Waals surface area contributed by atoms with E-state index in [2.05, 4.69) is 31.2 Å². The number of unbranched alkanes of at least 4 members (excludes halogenated alkanes) is 3. The summed E-state index contributed by atoms with van der Waals surface area (Å²) in [6.07, 6.45) is 14.5. The fourth-order valence-electron chi connectivity index (χ4n) is 4.93. The first-order valence-corrected chi connectivity index (χ1v) is 15.0. The number of allylic oxidation sites excluding steroid dienone is 1. The van der Waals surface area contributed by atoms with Crippen LogP contribution in [0.25, 0.3) is 0 Å². The molecule has 4 N–H and O–H groups in total. The van der Waals surface area contributed by atoms with Crippen LogP contribution >= 0.6 is 0 Å². The molecule has 4 rings (SSSR count). The van der Waals surface area contributed by atoms with Gasteiger partial charge >= 0.3 is 11.8 Å². The number of carboxylic acid groups (broad SMARTS) is 1. The minimum atomic E-state index is -1.60. The van der Waals surface area contributed by atoms with Crippen LogP contribution in [0.2, 0.25) is 0 Å². The highest BCUT2D eigenvalue weighted by Gasteiger charge is 2.35. The van der Waals surface area contributed by atoms with Crippen molar-refractivity contribution in [2.45, 2.75) is 104 Å². The third-order valence-electron chi connectivity index (χ3n) is 8.03. The van der Waals surface area contributed by atoms with E-state index >= 15 is 0 Å². The first-order valence-electron chi connectivity index (χ1n) is 15.0. The number of aromatic carboxylic acids is 1. The lowest BCUT2D eigenvalue weighted by molar-refractivity contribution is -1.21. The van der Waals surface area contributed by atoms with E-state index in [1.54, 1.807) is 18.2 Å². The van der Waals surface area contributed by atoms with E-state index in [-0.39, 0.29) is 17.3 Å². The number of nitrogens with one attached hydrogen (secondary N) is 1. The minimum Gasteiger partial charge on any atom is -0.478 e. The van der Waals surface area contributed by atoms with Crippen molar-refractivity contribution in [3.05, 3.63) is 76.6 Å². The van der Waals surface area contributed by atoms with Crippen LogP contribution in [0.1, 0.15) is 124 Å². The maximum Gasteiger partial charge on any atom is 0.335 e. The van der Waals surface area contributed by atoms with Crippen LogP contribution in [0.5, 0.6) is 0 Å². The number of nitrogens with zero attached hydrogens (tertiary/aromatic N) is 2. The number of quaternary nitrogens is 1. The molecular formula is C33H48N3O4+. The van der Waals surface area contributed by atoms with Crippen LogP contribution in [0.3, 0.4) is 0 Å². The van der Waals surface area contributed by atoms with E-state index in [0.29, 0.717) is 18.5 Å². The van der Waals surface area contributed by atoms with Crippen molar-refractivity contribution in [1.82, 2.24) is 0 Å². The van der Waals surface area contributed by atoms with E-state index < -0.39 is 10.9 Å². The second kappa shape index (κ2) is 15.1. The van der Waals surface area contributed by atoms with Crippen molar-refractivity contribution in [3.8, 4) is 0 Å². The summed E-state index contributed by atoms with van der Waals surface area (Å²) in [5.74, 6) is 0.243. The molecule has 0 amide bonds. The largest absolute Gasteiger partial charge is 0.478 e. The van der Waals surface area contributed by atoms with Gasteiger partial charge in [-0.2, -0.15) is 10.4 Å². The number of benzene rings is 2. The number of hydrogen-bond donors (Lipinski definition) is 4. The molecular weight excluding hydrogens is 502 g/mol. The van der Waals surface area contributed by atoms with Gasteiger partial charge in [-0.1, -0.05) is 95.5 Å². The van der Waals surface area contributed by atoms with Crippen LogP contribution in [0.4, 0.5) is 5.69 Å². The SMILES string of the molecule is CCCCCCC(C)CC.Cc1ccc(C2=NC([N+](O)(O)Nc3ccc(C(=O)O)cc3C3CCC3)=CCC2)cc1. The Morgan fingerprint density at radius 3 is 2.40 bits per heavy atom. The Balaban J connectivity index is 0.000000378. The Kier molecular flexibility index (Phi) is 11.9. The van der Waals surface area contributed by atoms with Crippen molar-refractivity contribution >= 4 is 17.4 Å². The molecule has 2 aliphatic rings. The Morgan fingerprint density at radius 2 is 1.80 bits per heavy atom. The summed E-state index contributed by atoms with van der Waals surface area (Å²) in [5.41, 5.74) is 7.09. The number of rotatable bonds is 12. The second-order valence-electron chi connectivity index (χ2n) is 11.3. The van der Waals surface area contributed by atoms with E-state index in [9.17, 15) is 20.3 Å². The molecule has 1 aliphatic carbocycles. The quantitative estimate of drug-likeness (QED) is 0.120. The second-order valence-corrected chi connectivity index (χ2v) is 11.3. The fourth-order valence-corrected chi connectivity index (χ4v) is 4.93. The third kappa shape index (κ3) is 9.01. The standard InChI is InChI=1S/C23H25N3O4.C10H22/c1-15-8-10-17(11-9-15)20-6-3-7-22(24-20)26(29,30)25-21-13-12-18(23(27)28)14-19(21)16-4-2-5-16;1-4-6-7-8-9-10(3)5-2/h7-14,16,25,29-30H,2-6H2,1H3;10H,4-9H2,1-3H3/p+1. The number of carbonyl (C=O) groups is 1. The molecule has 1 heterocycles. The zero-order valence-corrected chi connectivity index (χ0v) is 24.7. The summed E-state index contributed by atoms with van der Waals surface area (Å²) in [4.78, 5) is 14.3. The van der Waals surface area contributed by atoms with Crippen molar-refractivity contribution in [2.24, 2.45) is 10.9 Å². The van der Waals surface area contributed by atoms with Crippen LogP contribution in [-0.2, 0) is 0 Å². The number of aryl methyl sites for hydroxylation is 1. The first kappa shape index (κ1) is 31.5. The third-order valence-corrected chi connectivity index (χ3v) is 8.03. The van der Waals surface area contributed by atoms with Gasteiger partial charge in [0, 0.05) is 6.08 Å². The Labute approximate surface area is 239 Å². The lowest BCUT2D eigenvalue weighted by atomic mass is 9.79. The monoisotopic (exact) mass is 550 g/mol. The van der Waals surface area contributed by atoms with Gasteiger partial charge in [0.05, 0.1) is 21.9 Å². The number of aliphatic imine (C=N–C) groups is 1. The zero-order valence-electron chi connectivity index (χ0n) is 24.7. The maximum absolute atomic E-state index is 11.4. The van der Waals surface area contributed by atoms with Gasteiger partial charge in [0.15, 0.2) is 0 Å². The predicted molar refractivity (Wildman–Crippen MR) is 161 cm³/mol. The van der Waals surface area contributed by atoms with Crippen molar-refractivity contribution in [2.75, 3.05) is 5.43 Å². The van der Waals surface area contributed by atoms with E-state index in [0.717, 1.165) is 47.6 Å². The number of carboxylic acids is 1. The maximum atomic E-state index is 11.4. The van der Waals surface area contributed by atoms with Crippen LogP contribution < -0.4 is 5.43 Å². The fraction of sp³-hybridized carbons (Fsp3) is 0.515. The summed E-state index contributed by atoms with van der Waals surface area (Å²) in [7, 11) is 0. The van der Waals surface area contributed by atoms with E-state index in [4.69, 9.17) is 0 Å². The van der Waals surface area contributed by atoms with Gasteiger partial charge in [0.1, 0.15) is 0 Å². The molecule has 1 aliphatic heterocycles. The molecule has 0 aromatic heterocycles. The summed E-state index contributed by atoms with van der Waals surface area (Å²) < 4.78 is 0. The number of hydrogen-bond acceptors (Lipinski definition) is 5. The molecule has 0 radical (unpaired) electrons. The summed E-state index contributed by atoms with van der Waals surface area (Å²) >= 11 is 0. The summed E-state index contributed by atoms with van der Waals surface area (Å²) in [5, 5.41) is 30.8. The highest BCUT2D eigenvalue weighted by Crippen LogP contribution is 2.41. The van der Waals surface area contributed by atoms with Crippen molar-refractivity contribution in [1.29, 1.82) is 0 Å². The average molecular weight is 551 g/mol. The molecule has 0 spiro atoms. The van der Waals surface area contributed by atoms with Gasteiger partial charge in [0.2, 0.25) is 0 Å². The minimum absolute atomic E-state index is 0.0821. The van der Waals surface area contributed by atoms with Gasteiger partial charge in [-0.25, -0.2) is 4.79 Å². The molecule has 0 bridgehead atoms. The molecule has 2 aromatic rings.